The largest absolute Gasteiger partial charge is 0.496 e. The summed E-state index contributed by atoms with van der Waals surface area (Å²) in [7, 11) is -4.45. The standard InChI is InChI=1S/C4H11O5P/c1-3-4(2)8-9-10(5,6)7/h4H,3H2,1-2H3,(H2,5,6,7). The highest BCUT2D eigenvalue weighted by molar-refractivity contribution is 7.46. The molecule has 1 atom stereocenters. The third-order valence-corrected chi connectivity index (χ3v) is 1.16. The van der Waals surface area contributed by atoms with E-state index in [1.807, 2.05) is 6.92 Å². The average Bonchev–Trinajstić information content (AvgIpc) is 1.81. The molecule has 0 fully saturated rings. The van der Waals surface area contributed by atoms with E-state index in [-0.39, 0.29) is 6.10 Å². The normalized spacial score (nSPS) is 15.2. The van der Waals surface area contributed by atoms with Crippen LogP contribution in [0, 0.1) is 0 Å². The molecule has 0 spiro atoms. The number of phosphoric acid groups is 1. The van der Waals surface area contributed by atoms with Crippen LogP contribution in [0.5, 0.6) is 0 Å². The summed E-state index contributed by atoms with van der Waals surface area (Å²) in [6.07, 6.45) is 0.340. The zero-order valence-electron chi connectivity index (χ0n) is 5.85. The van der Waals surface area contributed by atoms with E-state index in [1.165, 1.54) is 0 Å². The van der Waals surface area contributed by atoms with Crippen LogP contribution in [0.25, 0.3) is 0 Å². The van der Waals surface area contributed by atoms with Gasteiger partial charge in [-0.25, -0.2) is 9.45 Å². The summed E-state index contributed by atoms with van der Waals surface area (Å²) in [5, 5.41) is 0. The zero-order chi connectivity index (χ0) is 8.20. The first-order chi connectivity index (χ1) is 4.45. The summed E-state index contributed by atoms with van der Waals surface area (Å²) >= 11 is 0. The summed E-state index contributed by atoms with van der Waals surface area (Å²) in [6.45, 7) is 3.46. The molecule has 0 saturated heterocycles. The van der Waals surface area contributed by atoms with Crippen LogP contribution in [-0.2, 0) is 14.1 Å². The first kappa shape index (κ1) is 10.1. The van der Waals surface area contributed by atoms with Gasteiger partial charge in [0.25, 0.3) is 0 Å². The van der Waals surface area contributed by atoms with Crippen LogP contribution in [-0.4, -0.2) is 15.9 Å². The van der Waals surface area contributed by atoms with Crippen LogP contribution >= 0.6 is 7.82 Å². The predicted octanol–water partition coefficient (Wildman–Crippen LogP) is 0.826. The van der Waals surface area contributed by atoms with E-state index in [4.69, 9.17) is 9.79 Å². The van der Waals surface area contributed by atoms with Crippen molar-refractivity contribution in [2.75, 3.05) is 0 Å². The minimum absolute atomic E-state index is 0.298. The molecule has 0 rings (SSSR count). The Labute approximate surface area is 59.1 Å². The van der Waals surface area contributed by atoms with E-state index in [0.29, 0.717) is 6.42 Å². The summed E-state index contributed by atoms with van der Waals surface area (Å²) in [6, 6.07) is 0. The molecule has 2 N–H and O–H groups in total. The molecular formula is C4H11O5P. The van der Waals surface area contributed by atoms with Crippen molar-refractivity contribution >= 4 is 7.82 Å². The van der Waals surface area contributed by atoms with Crippen molar-refractivity contribution < 1.29 is 23.9 Å². The van der Waals surface area contributed by atoms with E-state index < -0.39 is 7.82 Å². The summed E-state index contributed by atoms with van der Waals surface area (Å²) in [5.74, 6) is 0. The topological polar surface area (TPSA) is 76.0 Å². The molecule has 0 saturated carbocycles. The van der Waals surface area contributed by atoms with Gasteiger partial charge >= 0.3 is 7.82 Å². The molecule has 62 valence electrons. The van der Waals surface area contributed by atoms with Crippen LogP contribution in [0.15, 0.2) is 0 Å². The van der Waals surface area contributed by atoms with Gasteiger partial charge in [0.1, 0.15) is 0 Å². The minimum atomic E-state index is -4.45. The van der Waals surface area contributed by atoms with Gasteiger partial charge in [0.15, 0.2) is 0 Å². The molecule has 0 aliphatic carbocycles. The molecule has 0 aromatic carbocycles. The highest BCUT2D eigenvalue weighted by atomic mass is 31.2. The maximum absolute atomic E-state index is 10.00. The van der Waals surface area contributed by atoms with E-state index in [0.717, 1.165) is 0 Å². The molecule has 1 unspecified atom stereocenters. The van der Waals surface area contributed by atoms with Gasteiger partial charge in [-0.2, -0.15) is 0 Å². The summed E-state index contributed by atoms with van der Waals surface area (Å²) in [5.41, 5.74) is 0. The van der Waals surface area contributed by atoms with E-state index in [9.17, 15) is 4.57 Å². The highest BCUT2D eigenvalue weighted by Gasteiger charge is 2.16. The minimum Gasteiger partial charge on any atom is -0.301 e. The number of hydrogen-bond acceptors (Lipinski definition) is 3. The fraction of sp³-hybridized carbons (Fsp3) is 1.00. The molecule has 0 aliphatic heterocycles. The second-order valence-corrected chi connectivity index (χ2v) is 3.01. The quantitative estimate of drug-likeness (QED) is 0.371. The van der Waals surface area contributed by atoms with Crippen molar-refractivity contribution in [2.45, 2.75) is 26.4 Å². The first-order valence-corrected chi connectivity index (χ1v) is 4.39. The monoisotopic (exact) mass is 170 g/mol. The third kappa shape index (κ3) is 6.19. The van der Waals surface area contributed by atoms with Crippen molar-refractivity contribution in [1.82, 2.24) is 0 Å². The summed E-state index contributed by atoms with van der Waals surface area (Å²) in [4.78, 5) is 20.5. The SMILES string of the molecule is CCC(C)OOP(=O)(O)O. The molecule has 5 nitrogen and oxygen atoms in total. The molecule has 0 radical (unpaired) electrons. The van der Waals surface area contributed by atoms with E-state index >= 15 is 0 Å². The highest BCUT2D eigenvalue weighted by Crippen LogP contribution is 2.36. The van der Waals surface area contributed by atoms with Crippen LogP contribution in [0.2, 0.25) is 0 Å². The average molecular weight is 170 g/mol. The maximum Gasteiger partial charge on any atom is 0.496 e. The van der Waals surface area contributed by atoms with Gasteiger partial charge in [-0.3, -0.25) is 0 Å². The second-order valence-electron chi connectivity index (χ2n) is 1.88. The molecule has 6 heteroatoms. The van der Waals surface area contributed by atoms with Crippen LogP contribution in [0.4, 0.5) is 0 Å². The molecule has 0 aliphatic rings. The first-order valence-electron chi connectivity index (χ1n) is 2.86. The Hall–Kier alpha value is 0.0700. The predicted molar refractivity (Wildman–Crippen MR) is 34.0 cm³/mol. The molecule has 10 heavy (non-hydrogen) atoms. The van der Waals surface area contributed by atoms with Crippen molar-refractivity contribution in [3.63, 3.8) is 0 Å². The molecule has 0 bridgehead atoms. The van der Waals surface area contributed by atoms with E-state index in [1.54, 1.807) is 6.92 Å². The Balaban J connectivity index is 3.46. The van der Waals surface area contributed by atoms with Gasteiger partial charge in [0.2, 0.25) is 0 Å². The maximum atomic E-state index is 10.00. The Bertz CT molecular complexity index is 130. The van der Waals surface area contributed by atoms with E-state index in [2.05, 4.69) is 9.56 Å². The fourth-order valence-electron chi connectivity index (χ4n) is 0.198. The Kier molecular flexibility index (Phi) is 4.08. The van der Waals surface area contributed by atoms with Gasteiger partial charge in [0.05, 0.1) is 6.10 Å². The zero-order valence-corrected chi connectivity index (χ0v) is 6.75. The lowest BCUT2D eigenvalue weighted by Crippen LogP contribution is -2.05. The van der Waals surface area contributed by atoms with Gasteiger partial charge in [0, 0.05) is 0 Å². The molecule has 0 heterocycles. The van der Waals surface area contributed by atoms with Gasteiger partial charge in [-0.05, 0) is 13.3 Å². The van der Waals surface area contributed by atoms with Crippen LogP contribution < -0.4 is 0 Å². The Morgan fingerprint density at radius 2 is 2.10 bits per heavy atom. The van der Waals surface area contributed by atoms with Gasteiger partial charge in [-0.15, -0.1) is 4.67 Å². The lowest BCUT2D eigenvalue weighted by molar-refractivity contribution is -0.253. The van der Waals surface area contributed by atoms with Gasteiger partial charge < -0.3 is 9.79 Å². The Morgan fingerprint density at radius 1 is 1.60 bits per heavy atom. The Morgan fingerprint density at radius 3 is 2.40 bits per heavy atom. The molecular weight excluding hydrogens is 159 g/mol. The number of hydrogen-bond donors (Lipinski definition) is 2. The molecule has 0 aromatic heterocycles. The van der Waals surface area contributed by atoms with Crippen molar-refractivity contribution in [1.29, 1.82) is 0 Å². The molecule has 0 amide bonds. The van der Waals surface area contributed by atoms with Crippen molar-refractivity contribution in [3.8, 4) is 0 Å². The lowest BCUT2D eigenvalue weighted by Gasteiger charge is -2.08. The smallest absolute Gasteiger partial charge is 0.301 e. The fourth-order valence-corrected chi connectivity index (χ4v) is 0.457. The van der Waals surface area contributed by atoms with Crippen LogP contribution in [0.1, 0.15) is 20.3 Å². The van der Waals surface area contributed by atoms with Crippen LogP contribution in [0.3, 0.4) is 0 Å². The van der Waals surface area contributed by atoms with Gasteiger partial charge in [-0.1, -0.05) is 6.92 Å². The summed E-state index contributed by atoms with van der Waals surface area (Å²) < 4.78 is 13.7. The third-order valence-electron chi connectivity index (χ3n) is 0.879. The lowest BCUT2D eigenvalue weighted by atomic mass is 10.3. The number of rotatable bonds is 4. The van der Waals surface area contributed by atoms with Crippen molar-refractivity contribution in [2.24, 2.45) is 0 Å². The second kappa shape index (κ2) is 4.05. The van der Waals surface area contributed by atoms with Crippen molar-refractivity contribution in [3.05, 3.63) is 0 Å². The molecule has 0 aromatic rings.